The van der Waals surface area contributed by atoms with Gasteiger partial charge in [0.25, 0.3) is 0 Å². The number of carbonyl (C=O) groups is 1. The van der Waals surface area contributed by atoms with Gasteiger partial charge in [0.2, 0.25) is 5.91 Å². The summed E-state index contributed by atoms with van der Waals surface area (Å²) in [5, 5.41) is 7.72. The Morgan fingerprint density at radius 1 is 1.42 bits per heavy atom. The number of carbonyl (C=O) groups excluding carboxylic acids is 1. The molecule has 1 N–H and O–H groups in total. The van der Waals surface area contributed by atoms with Crippen LogP contribution < -0.4 is 5.32 Å². The van der Waals surface area contributed by atoms with Crippen molar-refractivity contribution in [2.24, 2.45) is 5.92 Å². The van der Waals surface area contributed by atoms with Crippen LogP contribution in [0, 0.1) is 5.92 Å². The summed E-state index contributed by atoms with van der Waals surface area (Å²) in [5.74, 6) is 0.742. The second-order valence-corrected chi connectivity index (χ2v) is 6.33. The lowest BCUT2D eigenvalue weighted by Gasteiger charge is -2.34. The van der Waals surface area contributed by atoms with Crippen LogP contribution in [0.5, 0.6) is 0 Å². The van der Waals surface area contributed by atoms with Crippen molar-refractivity contribution >= 4 is 17.2 Å². The van der Waals surface area contributed by atoms with Gasteiger partial charge in [-0.05, 0) is 41.1 Å². The molecule has 2 heterocycles. The Kier molecular flexibility index (Phi) is 4.63. The molecule has 1 aliphatic heterocycles. The van der Waals surface area contributed by atoms with E-state index in [0.717, 1.165) is 12.8 Å². The van der Waals surface area contributed by atoms with Crippen molar-refractivity contribution < 1.29 is 4.79 Å². The zero-order valence-electron chi connectivity index (χ0n) is 12.2. The maximum atomic E-state index is 12.6. The number of hydrogen-bond donors (Lipinski definition) is 1. The maximum absolute atomic E-state index is 12.6. The zero-order valence-corrected chi connectivity index (χ0v) is 13.0. The average molecular weight is 280 g/mol. The number of hydrogen-bond acceptors (Lipinski definition) is 3. The number of amides is 1. The Morgan fingerprint density at radius 2 is 2.16 bits per heavy atom. The van der Waals surface area contributed by atoms with Crippen LogP contribution in [0.3, 0.4) is 0 Å². The molecule has 0 bridgehead atoms. The molecule has 19 heavy (non-hydrogen) atoms. The Bertz CT molecular complexity index is 416. The minimum atomic E-state index is -0.0299. The van der Waals surface area contributed by atoms with Gasteiger partial charge in [-0.3, -0.25) is 10.1 Å². The van der Waals surface area contributed by atoms with Gasteiger partial charge >= 0.3 is 0 Å². The molecule has 1 aromatic heterocycles. The topological polar surface area (TPSA) is 32.3 Å². The van der Waals surface area contributed by atoms with Crippen molar-refractivity contribution in [2.75, 3.05) is 0 Å². The molecule has 106 valence electrons. The van der Waals surface area contributed by atoms with E-state index in [1.54, 1.807) is 11.3 Å². The molecule has 1 aromatic rings. The Balaban J connectivity index is 2.32. The molecule has 0 aliphatic carbocycles. The van der Waals surface area contributed by atoms with E-state index < -0.39 is 0 Å². The van der Waals surface area contributed by atoms with Crippen LogP contribution >= 0.6 is 11.3 Å². The summed E-state index contributed by atoms with van der Waals surface area (Å²) < 4.78 is 0. The smallest absolute Gasteiger partial charge is 0.241 e. The monoisotopic (exact) mass is 280 g/mol. The van der Waals surface area contributed by atoms with Crippen LogP contribution in [0.2, 0.25) is 0 Å². The lowest BCUT2D eigenvalue weighted by Crippen LogP contribution is -2.42. The van der Waals surface area contributed by atoms with Crippen molar-refractivity contribution in [2.45, 2.75) is 58.8 Å². The van der Waals surface area contributed by atoms with Crippen molar-refractivity contribution in [3.63, 3.8) is 0 Å². The van der Waals surface area contributed by atoms with Gasteiger partial charge in [0.1, 0.15) is 6.17 Å². The van der Waals surface area contributed by atoms with Crippen LogP contribution in [0.1, 0.15) is 52.3 Å². The van der Waals surface area contributed by atoms with E-state index in [1.165, 1.54) is 5.56 Å². The first-order valence-electron chi connectivity index (χ1n) is 7.20. The van der Waals surface area contributed by atoms with Crippen molar-refractivity contribution in [3.05, 3.63) is 22.4 Å². The highest BCUT2D eigenvalue weighted by Gasteiger charge is 2.42. The molecule has 3 atom stereocenters. The summed E-state index contributed by atoms with van der Waals surface area (Å²) >= 11 is 1.69. The van der Waals surface area contributed by atoms with E-state index in [2.05, 4.69) is 54.7 Å². The fraction of sp³-hybridized carbons (Fsp3) is 0.667. The second-order valence-electron chi connectivity index (χ2n) is 5.55. The molecule has 3 nitrogen and oxygen atoms in total. The normalized spacial score (nSPS) is 25.3. The number of nitrogens with zero attached hydrogens (tertiary/aromatic N) is 1. The number of rotatable bonds is 5. The molecular formula is C15H24N2OS. The summed E-state index contributed by atoms with van der Waals surface area (Å²) in [6.45, 7) is 8.64. The molecule has 1 fully saturated rings. The minimum Gasteiger partial charge on any atom is -0.318 e. The summed E-state index contributed by atoms with van der Waals surface area (Å²) in [6, 6.07) is 2.40. The van der Waals surface area contributed by atoms with Gasteiger partial charge in [-0.2, -0.15) is 11.3 Å². The molecule has 0 aromatic carbocycles. The SMILES string of the molecule is CCC1NC(c2ccsc2)N(C(CC)C(C)C)C1=O. The fourth-order valence-corrected chi connectivity index (χ4v) is 3.65. The zero-order chi connectivity index (χ0) is 14.0. The summed E-state index contributed by atoms with van der Waals surface area (Å²) in [7, 11) is 0. The van der Waals surface area contributed by atoms with Gasteiger partial charge < -0.3 is 4.90 Å². The summed E-state index contributed by atoms with van der Waals surface area (Å²) in [4.78, 5) is 14.7. The summed E-state index contributed by atoms with van der Waals surface area (Å²) in [6.07, 6.45) is 1.91. The number of nitrogens with one attached hydrogen (secondary N) is 1. The molecule has 0 spiro atoms. The van der Waals surface area contributed by atoms with E-state index in [-0.39, 0.29) is 18.1 Å². The Morgan fingerprint density at radius 3 is 2.63 bits per heavy atom. The van der Waals surface area contributed by atoms with Gasteiger partial charge in [0, 0.05) is 6.04 Å². The predicted octanol–water partition coefficient (Wildman–Crippen LogP) is 3.39. The van der Waals surface area contributed by atoms with Gasteiger partial charge in [0.05, 0.1) is 6.04 Å². The van der Waals surface area contributed by atoms with Crippen LogP contribution in [0.15, 0.2) is 16.8 Å². The Hall–Kier alpha value is -0.870. The van der Waals surface area contributed by atoms with E-state index in [4.69, 9.17) is 0 Å². The van der Waals surface area contributed by atoms with Crippen molar-refractivity contribution in [1.29, 1.82) is 0 Å². The number of thiophene rings is 1. The van der Waals surface area contributed by atoms with E-state index >= 15 is 0 Å². The lowest BCUT2D eigenvalue weighted by molar-refractivity contribution is -0.133. The van der Waals surface area contributed by atoms with Crippen molar-refractivity contribution in [1.82, 2.24) is 10.2 Å². The molecule has 1 amide bonds. The first-order chi connectivity index (χ1) is 9.10. The molecule has 1 aliphatic rings. The van der Waals surface area contributed by atoms with Crippen LogP contribution in [-0.2, 0) is 4.79 Å². The van der Waals surface area contributed by atoms with Gasteiger partial charge in [-0.25, -0.2) is 0 Å². The van der Waals surface area contributed by atoms with Gasteiger partial charge in [0.15, 0.2) is 0 Å². The first kappa shape index (κ1) is 14.5. The highest BCUT2D eigenvalue weighted by atomic mass is 32.1. The lowest BCUT2D eigenvalue weighted by atomic mass is 9.98. The van der Waals surface area contributed by atoms with E-state index in [9.17, 15) is 4.79 Å². The molecule has 0 saturated carbocycles. The third-order valence-electron chi connectivity index (χ3n) is 4.00. The minimum absolute atomic E-state index is 0.0299. The molecule has 3 unspecified atom stereocenters. The molecule has 2 rings (SSSR count). The fourth-order valence-electron chi connectivity index (χ4n) is 2.97. The maximum Gasteiger partial charge on any atom is 0.241 e. The molecule has 1 saturated heterocycles. The predicted molar refractivity (Wildman–Crippen MR) is 80.0 cm³/mol. The van der Waals surface area contributed by atoms with Gasteiger partial charge in [-0.1, -0.05) is 27.7 Å². The quantitative estimate of drug-likeness (QED) is 0.896. The second kappa shape index (κ2) is 6.06. The standard InChI is InChI=1S/C15H24N2OS/c1-5-12-15(18)17(13(6-2)10(3)4)14(16-12)11-7-8-19-9-11/h7-10,12-14,16H,5-6H2,1-4H3. The van der Waals surface area contributed by atoms with Crippen LogP contribution in [-0.4, -0.2) is 22.9 Å². The van der Waals surface area contributed by atoms with E-state index in [0.29, 0.717) is 12.0 Å². The summed E-state index contributed by atoms with van der Waals surface area (Å²) in [5.41, 5.74) is 1.22. The van der Waals surface area contributed by atoms with Crippen LogP contribution in [0.4, 0.5) is 0 Å². The van der Waals surface area contributed by atoms with E-state index in [1.807, 2.05) is 0 Å². The van der Waals surface area contributed by atoms with Crippen molar-refractivity contribution in [3.8, 4) is 0 Å². The Labute approximate surface area is 120 Å². The van der Waals surface area contributed by atoms with Crippen LogP contribution in [0.25, 0.3) is 0 Å². The first-order valence-corrected chi connectivity index (χ1v) is 8.14. The average Bonchev–Trinajstić information content (AvgIpc) is 2.99. The highest BCUT2D eigenvalue weighted by Crippen LogP contribution is 2.32. The highest BCUT2D eigenvalue weighted by molar-refractivity contribution is 7.07. The molecule has 0 radical (unpaired) electrons. The third-order valence-corrected chi connectivity index (χ3v) is 4.70. The third kappa shape index (κ3) is 2.70. The molecule has 4 heteroatoms. The molecular weight excluding hydrogens is 256 g/mol. The van der Waals surface area contributed by atoms with Gasteiger partial charge in [-0.15, -0.1) is 0 Å². The largest absolute Gasteiger partial charge is 0.318 e.